The molecular formula is C15H30N2O3. The molecule has 3 atom stereocenters. The van der Waals surface area contributed by atoms with Crippen molar-refractivity contribution in [2.24, 2.45) is 0 Å². The molecule has 0 aromatic carbocycles. The lowest BCUT2D eigenvalue weighted by Crippen LogP contribution is -2.49. The van der Waals surface area contributed by atoms with Crippen molar-refractivity contribution in [3.8, 4) is 0 Å². The summed E-state index contributed by atoms with van der Waals surface area (Å²) in [7, 11) is 0. The summed E-state index contributed by atoms with van der Waals surface area (Å²) in [6.45, 7) is 11.6. The fraction of sp³-hybridized carbons (Fsp3) is 0.933. The normalized spacial score (nSPS) is 27.2. The van der Waals surface area contributed by atoms with Crippen molar-refractivity contribution < 1.29 is 14.6 Å². The number of aliphatic carboxylic acids is 1. The number of likely N-dealkylation sites (N-methyl/N-ethyl adjacent to an activating group) is 1. The molecule has 1 heterocycles. The number of nitrogens with zero attached hydrogens (tertiary/aromatic N) is 1. The van der Waals surface area contributed by atoms with E-state index >= 15 is 0 Å². The van der Waals surface area contributed by atoms with Crippen LogP contribution in [0, 0.1) is 0 Å². The first-order valence-electron chi connectivity index (χ1n) is 7.73. The summed E-state index contributed by atoms with van der Waals surface area (Å²) >= 11 is 0. The van der Waals surface area contributed by atoms with E-state index in [1.807, 2.05) is 6.92 Å². The molecule has 1 aliphatic heterocycles. The summed E-state index contributed by atoms with van der Waals surface area (Å²) in [5.74, 6) is -0.757. The van der Waals surface area contributed by atoms with Crippen LogP contribution >= 0.6 is 0 Å². The van der Waals surface area contributed by atoms with Crippen LogP contribution in [0.2, 0.25) is 0 Å². The number of carboxylic acids is 1. The van der Waals surface area contributed by atoms with E-state index in [-0.39, 0.29) is 0 Å². The quantitative estimate of drug-likeness (QED) is 0.665. The minimum Gasteiger partial charge on any atom is -0.480 e. The minimum atomic E-state index is -0.791. The van der Waals surface area contributed by atoms with Crippen molar-refractivity contribution in [1.82, 2.24) is 10.2 Å². The maximum absolute atomic E-state index is 11.3. The van der Waals surface area contributed by atoms with Crippen LogP contribution in [0.3, 0.4) is 0 Å². The predicted octanol–water partition coefficient (Wildman–Crippen LogP) is 1.72. The summed E-state index contributed by atoms with van der Waals surface area (Å²) in [6.07, 6.45) is 3.23. The second-order valence-electron chi connectivity index (χ2n) is 6.14. The third-order valence-corrected chi connectivity index (χ3v) is 3.94. The topological polar surface area (TPSA) is 61.8 Å². The van der Waals surface area contributed by atoms with E-state index in [9.17, 15) is 9.90 Å². The first-order valence-corrected chi connectivity index (χ1v) is 7.73. The molecule has 0 aromatic rings. The summed E-state index contributed by atoms with van der Waals surface area (Å²) < 4.78 is 5.71. The molecule has 0 bridgehead atoms. The average Bonchev–Trinajstić information content (AvgIpc) is 2.33. The Morgan fingerprint density at radius 1 is 1.35 bits per heavy atom. The minimum absolute atomic E-state index is 0.296. The highest BCUT2D eigenvalue weighted by molar-refractivity contribution is 5.78. The third-order valence-electron chi connectivity index (χ3n) is 3.94. The number of rotatable bonds is 8. The SMILES string of the molecule is CCNC(C)(CCCCN1CC(C)OC(C)C1)C(=O)O. The molecule has 118 valence electrons. The van der Waals surface area contributed by atoms with Gasteiger partial charge in [0.2, 0.25) is 0 Å². The predicted molar refractivity (Wildman–Crippen MR) is 80.0 cm³/mol. The molecule has 0 aliphatic carbocycles. The maximum atomic E-state index is 11.3. The number of nitrogens with one attached hydrogen (secondary N) is 1. The highest BCUT2D eigenvalue weighted by Gasteiger charge is 2.31. The molecule has 5 nitrogen and oxygen atoms in total. The van der Waals surface area contributed by atoms with Gasteiger partial charge < -0.3 is 15.2 Å². The molecule has 1 fully saturated rings. The fourth-order valence-electron chi connectivity index (χ4n) is 2.94. The zero-order valence-electron chi connectivity index (χ0n) is 13.3. The van der Waals surface area contributed by atoms with E-state index < -0.39 is 11.5 Å². The van der Waals surface area contributed by atoms with Crippen molar-refractivity contribution in [3.63, 3.8) is 0 Å². The number of ether oxygens (including phenoxy) is 1. The first kappa shape index (κ1) is 17.4. The smallest absolute Gasteiger partial charge is 0.323 e. The van der Waals surface area contributed by atoms with Crippen molar-refractivity contribution in [2.45, 2.75) is 64.7 Å². The second-order valence-corrected chi connectivity index (χ2v) is 6.14. The van der Waals surface area contributed by atoms with E-state index in [2.05, 4.69) is 24.1 Å². The molecule has 1 aliphatic rings. The molecule has 5 heteroatoms. The zero-order valence-corrected chi connectivity index (χ0v) is 13.3. The van der Waals surface area contributed by atoms with Crippen molar-refractivity contribution >= 4 is 5.97 Å². The summed E-state index contributed by atoms with van der Waals surface area (Å²) in [6, 6.07) is 0. The molecular weight excluding hydrogens is 256 g/mol. The van der Waals surface area contributed by atoms with Gasteiger partial charge in [-0.1, -0.05) is 6.92 Å². The van der Waals surface area contributed by atoms with Crippen molar-refractivity contribution in [2.75, 3.05) is 26.2 Å². The van der Waals surface area contributed by atoms with Crippen LogP contribution in [-0.4, -0.2) is 59.9 Å². The van der Waals surface area contributed by atoms with Gasteiger partial charge in [0, 0.05) is 13.1 Å². The highest BCUT2D eigenvalue weighted by atomic mass is 16.5. The third kappa shape index (κ3) is 5.38. The Labute approximate surface area is 122 Å². The Morgan fingerprint density at radius 3 is 2.45 bits per heavy atom. The average molecular weight is 286 g/mol. The lowest BCUT2D eigenvalue weighted by Gasteiger charge is -2.35. The molecule has 0 saturated carbocycles. The Hall–Kier alpha value is -0.650. The summed E-state index contributed by atoms with van der Waals surface area (Å²) in [5, 5.41) is 12.4. The van der Waals surface area contributed by atoms with Crippen LogP contribution in [0.25, 0.3) is 0 Å². The summed E-state index contributed by atoms with van der Waals surface area (Å²) in [5.41, 5.74) is -0.791. The molecule has 3 unspecified atom stereocenters. The Balaban J connectivity index is 2.28. The van der Waals surface area contributed by atoms with Gasteiger partial charge in [0.15, 0.2) is 0 Å². The first-order chi connectivity index (χ1) is 9.37. The van der Waals surface area contributed by atoms with E-state index in [1.54, 1.807) is 6.92 Å². The second kappa shape index (κ2) is 7.96. The molecule has 0 aromatic heterocycles. The van der Waals surface area contributed by atoms with Crippen LogP contribution in [0.15, 0.2) is 0 Å². The van der Waals surface area contributed by atoms with Gasteiger partial charge >= 0.3 is 5.97 Å². The lowest BCUT2D eigenvalue weighted by atomic mass is 9.94. The van der Waals surface area contributed by atoms with Crippen LogP contribution in [-0.2, 0) is 9.53 Å². The van der Waals surface area contributed by atoms with E-state index in [4.69, 9.17) is 4.74 Å². The van der Waals surface area contributed by atoms with E-state index in [0.29, 0.717) is 25.2 Å². The molecule has 20 heavy (non-hydrogen) atoms. The fourth-order valence-corrected chi connectivity index (χ4v) is 2.94. The monoisotopic (exact) mass is 286 g/mol. The molecule has 1 saturated heterocycles. The van der Waals surface area contributed by atoms with E-state index in [0.717, 1.165) is 32.5 Å². The van der Waals surface area contributed by atoms with Gasteiger partial charge in [-0.25, -0.2) is 0 Å². The lowest BCUT2D eigenvalue weighted by molar-refractivity contribution is -0.144. The number of carboxylic acid groups (broad SMARTS) is 1. The van der Waals surface area contributed by atoms with Gasteiger partial charge in [-0.2, -0.15) is 0 Å². The number of morpholine rings is 1. The largest absolute Gasteiger partial charge is 0.480 e. The highest BCUT2D eigenvalue weighted by Crippen LogP contribution is 2.16. The summed E-state index contributed by atoms with van der Waals surface area (Å²) in [4.78, 5) is 13.7. The van der Waals surface area contributed by atoms with Gasteiger partial charge in [0.1, 0.15) is 5.54 Å². The Morgan fingerprint density at radius 2 is 1.95 bits per heavy atom. The number of carbonyl (C=O) groups is 1. The molecule has 0 amide bonds. The van der Waals surface area contributed by atoms with Gasteiger partial charge in [0.05, 0.1) is 12.2 Å². The van der Waals surface area contributed by atoms with Gasteiger partial charge in [0.25, 0.3) is 0 Å². The van der Waals surface area contributed by atoms with Gasteiger partial charge in [-0.15, -0.1) is 0 Å². The standard InChI is InChI=1S/C15H30N2O3/c1-5-16-15(4,14(18)19)8-6-7-9-17-10-12(2)20-13(3)11-17/h12-13,16H,5-11H2,1-4H3,(H,18,19). The van der Waals surface area contributed by atoms with Crippen LogP contribution in [0.1, 0.15) is 47.0 Å². The van der Waals surface area contributed by atoms with E-state index in [1.165, 1.54) is 0 Å². The number of hydrogen-bond acceptors (Lipinski definition) is 4. The van der Waals surface area contributed by atoms with Crippen molar-refractivity contribution in [3.05, 3.63) is 0 Å². The van der Waals surface area contributed by atoms with Crippen LogP contribution in [0.4, 0.5) is 0 Å². The molecule has 1 rings (SSSR count). The van der Waals surface area contributed by atoms with Crippen LogP contribution < -0.4 is 5.32 Å². The van der Waals surface area contributed by atoms with Crippen LogP contribution in [0.5, 0.6) is 0 Å². The zero-order chi connectivity index (χ0) is 15.2. The molecule has 2 N–H and O–H groups in total. The van der Waals surface area contributed by atoms with Gasteiger partial charge in [-0.05, 0) is 53.1 Å². The Bertz CT molecular complexity index is 301. The Kier molecular flexibility index (Phi) is 6.92. The number of hydrogen-bond donors (Lipinski definition) is 2. The maximum Gasteiger partial charge on any atom is 0.323 e. The van der Waals surface area contributed by atoms with Crippen molar-refractivity contribution in [1.29, 1.82) is 0 Å². The molecule has 0 spiro atoms. The van der Waals surface area contributed by atoms with Gasteiger partial charge in [-0.3, -0.25) is 9.69 Å². The number of unbranched alkanes of at least 4 members (excludes halogenated alkanes) is 1. The molecule has 0 radical (unpaired) electrons.